The van der Waals surface area contributed by atoms with Crippen molar-refractivity contribution in [1.29, 1.82) is 0 Å². The minimum atomic E-state index is -3.57. The van der Waals surface area contributed by atoms with Gasteiger partial charge in [-0.05, 0) is 38.1 Å². The first-order valence-electron chi connectivity index (χ1n) is 8.07. The maximum absolute atomic E-state index is 12.5. The number of aromatic nitrogens is 4. The number of rotatable bonds is 2. The summed E-state index contributed by atoms with van der Waals surface area (Å²) in [5.41, 5.74) is 3.06. The van der Waals surface area contributed by atoms with E-state index in [2.05, 4.69) is 20.4 Å². The second kappa shape index (κ2) is 5.64. The van der Waals surface area contributed by atoms with E-state index in [1.54, 1.807) is 18.2 Å². The Hall–Kier alpha value is -3.21. The largest absolute Gasteiger partial charge is 0.326 e. The smallest absolute Gasteiger partial charge is 0.319 e. The first-order chi connectivity index (χ1) is 12.7. The van der Waals surface area contributed by atoms with Gasteiger partial charge in [-0.2, -0.15) is 13.4 Å². The van der Waals surface area contributed by atoms with Crippen LogP contribution in [0.15, 0.2) is 24.3 Å². The molecule has 2 aromatic heterocycles. The van der Waals surface area contributed by atoms with Crippen molar-refractivity contribution >= 4 is 39.0 Å². The molecule has 11 heteroatoms. The number of fused-ring (bicyclic) bond motifs is 2. The predicted molar refractivity (Wildman–Crippen MR) is 100 cm³/mol. The van der Waals surface area contributed by atoms with Crippen molar-refractivity contribution in [2.75, 3.05) is 28.0 Å². The standard InChI is InChI=1S/C16H17N7O3S/c1-9-7-10(2)23-16(17-9)19-14(20-23)15(24)18-11-5-6-12-13(8-11)22(4)27(25,26)21(12)3/h5-8H,1-4H3,(H,18,24). The summed E-state index contributed by atoms with van der Waals surface area (Å²) in [6, 6.07) is 6.71. The number of benzene rings is 1. The summed E-state index contributed by atoms with van der Waals surface area (Å²) in [7, 11) is -0.627. The van der Waals surface area contributed by atoms with Crippen molar-refractivity contribution in [2.45, 2.75) is 13.8 Å². The average molecular weight is 387 g/mol. The molecule has 0 atom stereocenters. The molecular formula is C16H17N7O3S. The molecule has 3 heterocycles. The van der Waals surface area contributed by atoms with Crippen molar-refractivity contribution in [3.05, 3.63) is 41.5 Å². The van der Waals surface area contributed by atoms with Gasteiger partial charge < -0.3 is 5.32 Å². The van der Waals surface area contributed by atoms with Crippen LogP contribution < -0.4 is 13.9 Å². The first kappa shape index (κ1) is 17.2. The van der Waals surface area contributed by atoms with Gasteiger partial charge in [-0.15, -0.1) is 5.10 Å². The Morgan fingerprint density at radius 1 is 1.04 bits per heavy atom. The molecule has 140 valence electrons. The highest BCUT2D eigenvalue weighted by molar-refractivity contribution is 7.94. The van der Waals surface area contributed by atoms with Crippen LogP contribution in [0, 0.1) is 13.8 Å². The summed E-state index contributed by atoms with van der Waals surface area (Å²) in [5.74, 6) is -0.178. The van der Waals surface area contributed by atoms with Crippen LogP contribution in [-0.2, 0) is 10.2 Å². The normalized spacial score (nSPS) is 15.3. The number of nitrogens with zero attached hydrogens (tertiary/aromatic N) is 6. The monoisotopic (exact) mass is 387 g/mol. The van der Waals surface area contributed by atoms with E-state index in [1.165, 1.54) is 22.9 Å². The molecule has 10 nitrogen and oxygen atoms in total. The SMILES string of the molecule is Cc1cc(C)n2nc(C(=O)Nc3ccc4c(c3)N(C)S(=O)(=O)N4C)nc2n1. The van der Waals surface area contributed by atoms with Gasteiger partial charge in [-0.1, -0.05) is 0 Å². The Balaban J connectivity index is 1.65. The lowest BCUT2D eigenvalue weighted by atomic mass is 10.2. The Kier molecular flexibility index (Phi) is 3.60. The summed E-state index contributed by atoms with van der Waals surface area (Å²) in [6.45, 7) is 3.69. The molecule has 1 aliphatic heterocycles. The first-order valence-corrected chi connectivity index (χ1v) is 9.47. The second-order valence-electron chi connectivity index (χ2n) is 6.29. The molecule has 4 rings (SSSR count). The summed E-state index contributed by atoms with van der Waals surface area (Å²) in [4.78, 5) is 21.0. The minimum absolute atomic E-state index is 0.0187. The zero-order valence-electron chi connectivity index (χ0n) is 15.1. The molecule has 27 heavy (non-hydrogen) atoms. The minimum Gasteiger partial charge on any atom is -0.319 e. The van der Waals surface area contributed by atoms with Gasteiger partial charge in [-0.3, -0.25) is 13.4 Å². The van der Waals surface area contributed by atoms with Crippen LogP contribution in [0.1, 0.15) is 22.0 Å². The van der Waals surface area contributed by atoms with Crippen molar-refractivity contribution in [3.63, 3.8) is 0 Å². The Morgan fingerprint density at radius 2 is 1.74 bits per heavy atom. The van der Waals surface area contributed by atoms with Gasteiger partial charge in [0.1, 0.15) is 0 Å². The predicted octanol–water partition coefficient (Wildman–Crippen LogP) is 1.12. The third-order valence-corrected chi connectivity index (χ3v) is 6.20. The molecule has 1 amide bonds. The fourth-order valence-corrected chi connectivity index (χ4v) is 4.17. The highest BCUT2D eigenvalue weighted by Gasteiger charge is 2.35. The Labute approximate surface area is 155 Å². The van der Waals surface area contributed by atoms with E-state index in [1.807, 2.05) is 19.9 Å². The zero-order chi connectivity index (χ0) is 19.5. The van der Waals surface area contributed by atoms with E-state index in [0.29, 0.717) is 22.8 Å². The lowest BCUT2D eigenvalue weighted by molar-refractivity contribution is 0.101. The van der Waals surface area contributed by atoms with Gasteiger partial charge in [0.15, 0.2) is 0 Å². The highest BCUT2D eigenvalue weighted by Crippen LogP contribution is 2.40. The molecular weight excluding hydrogens is 370 g/mol. The molecule has 0 bridgehead atoms. The number of nitrogens with one attached hydrogen (secondary N) is 1. The maximum Gasteiger partial charge on any atom is 0.326 e. The molecule has 0 radical (unpaired) electrons. The number of aryl methyl sites for hydroxylation is 2. The number of anilines is 3. The van der Waals surface area contributed by atoms with Crippen LogP contribution in [0.5, 0.6) is 0 Å². The van der Waals surface area contributed by atoms with Gasteiger partial charge >= 0.3 is 10.2 Å². The van der Waals surface area contributed by atoms with Gasteiger partial charge in [-0.25, -0.2) is 9.50 Å². The molecule has 0 saturated carbocycles. The van der Waals surface area contributed by atoms with Crippen molar-refractivity contribution < 1.29 is 13.2 Å². The third kappa shape index (κ3) is 2.58. The van der Waals surface area contributed by atoms with E-state index in [-0.39, 0.29) is 5.82 Å². The molecule has 3 aromatic rings. The Bertz CT molecular complexity index is 1200. The number of carbonyl (C=O) groups is 1. The molecule has 1 N–H and O–H groups in total. The topological polar surface area (TPSA) is 113 Å². The summed E-state index contributed by atoms with van der Waals surface area (Å²) < 4.78 is 28.2. The molecule has 1 aromatic carbocycles. The fourth-order valence-electron chi connectivity index (χ4n) is 3.00. The summed E-state index contributed by atoms with van der Waals surface area (Å²) in [5, 5.41) is 6.89. The summed E-state index contributed by atoms with van der Waals surface area (Å²) >= 11 is 0. The van der Waals surface area contributed by atoms with Crippen LogP contribution >= 0.6 is 0 Å². The van der Waals surface area contributed by atoms with Crippen LogP contribution in [-0.4, -0.2) is 48.0 Å². The van der Waals surface area contributed by atoms with E-state index in [9.17, 15) is 13.2 Å². The van der Waals surface area contributed by atoms with Gasteiger partial charge in [0, 0.05) is 31.2 Å². The van der Waals surface area contributed by atoms with Gasteiger partial charge in [0.2, 0.25) is 5.82 Å². The number of carbonyl (C=O) groups excluding carboxylic acids is 1. The second-order valence-corrected chi connectivity index (χ2v) is 8.28. The number of hydrogen-bond donors (Lipinski definition) is 1. The quantitative estimate of drug-likeness (QED) is 0.705. The van der Waals surface area contributed by atoms with Crippen molar-refractivity contribution in [2.24, 2.45) is 0 Å². The molecule has 0 spiro atoms. The molecule has 0 saturated heterocycles. The van der Waals surface area contributed by atoms with Crippen LogP contribution in [0.4, 0.5) is 17.1 Å². The van der Waals surface area contributed by atoms with Crippen LogP contribution in [0.2, 0.25) is 0 Å². The van der Waals surface area contributed by atoms with E-state index >= 15 is 0 Å². The highest BCUT2D eigenvalue weighted by atomic mass is 32.2. The van der Waals surface area contributed by atoms with E-state index in [0.717, 1.165) is 15.7 Å². The molecule has 0 unspecified atom stereocenters. The zero-order valence-corrected chi connectivity index (χ0v) is 15.9. The molecule has 0 fully saturated rings. The van der Waals surface area contributed by atoms with E-state index in [4.69, 9.17) is 0 Å². The average Bonchev–Trinajstić information content (AvgIpc) is 3.10. The van der Waals surface area contributed by atoms with Gasteiger partial charge in [0.05, 0.1) is 11.4 Å². The van der Waals surface area contributed by atoms with Gasteiger partial charge in [0.25, 0.3) is 11.7 Å². The molecule has 1 aliphatic rings. The van der Waals surface area contributed by atoms with E-state index < -0.39 is 16.1 Å². The lowest BCUT2D eigenvalue weighted by Gasteiger charge is -2.13. The third-order valence-electron chi connectivity index (χ3n) is 4.43. The lowest BCUT2D eigenvalue weighted by Crippen LogP contribution is -2.32. The maximum atomic E-state index is 12.5. The Morgan fingerprint density at radius 3 is 2.48 bits per heavy atom. The molecule has 0 aliphatic carbocycles. The van der Waals surface area contributed by atoms with Crippen LogP contribution in [0.25, 0.3) is 5.78 Å². The van der Waals surface area contributed by atoms with Crippen molar-refractivity contribution in [3.8, 4) is 0 Å². The van der Waals surface area contributed by atoms with Crippen LogP contribution in [0.3, 0.4) is 0 Å². The fraction of sp³-hybridized carbons (Fsp3) is 0.250. The van der Waals surface area contributed by atoms with Crippen molar-refractivity contribution in [1.82, 2.24) is 19.6 Å². The summed E-state index contributed by atoms with van der Waals surface area (Å²) in [6.07, 6.45) is 0. The number of hydrogen-bond acceptors (Lipinski definition) is 6. The number of amides is 1.